The van der Waals surface area contributed by atoms with Crippen molar-refractivity contribution in [3.63, 3.8) is 0 Å². The van der Waals surface area contributed by atoms with Crippen LogP contribution in [0, 0.1) is 6.92 Å². The van der Waals surface area contributed by atoms with Gasteiger partial charge >= 0.3 is 0 Å². The second-order valence-electron chi connectivity index (χ2n) is 7.55. The van der Waals surface area contributed by atoms with E-state index in [9.17, 15) is 4.79 Å². The topological polar surface area (TPSA) is 58.0 Å². The number of likely N-dealkylation sites (N-methyl/N-ethyl adjacent to an activating group) is 1. The van der Waals surface area contributed by atoms with Crippen LogP contribution in [0.25, 0.3) is 11.0 Å². The number of nitrogens with zero attached hydrogens (tertiary/aromatic N) is 2. The summed E-state index contributed by atoms with van der Waals surface area (Å²) in [6, 6.07) is 11.2. The second kappa shape index (κ2) is 8.58. The van der Waals surface area contributed by atoms with Crippen molar-refractivity contribution in [2.24, 2.45) is 0 Å². The molecular formula is C23H26ClN3O3. The molecule has 0 saturated carbocycles. The monoisotopic (exact) mass is 427 g/mol. The Morgan fingerprint density at radius 2 is 1.93 bits per heavy atom. The number of benzene rings is 2. The van der Waals surface area contributed by atoms with Gasteiger partial charge in [-0.05, 0) is 57.3 Å². The molecular weight excluding hydrogens is 402 g/mol. The highest BCUT2D eigenvalue weighted by Crippen LogP contribution is 2.33. The van der Waals surface area contributed by atoms with Crippen LogP contribution in [0.3, 0.4) is 0 Å². The first-order chi connectivity index (χ1) is 14.5. The number of carbonyl (C=O) groups is 1. The number of aryl methyl sites for hydroxylation is 1. The molecule has 30 heavy (non-hydrogen) atoms. The summed E-state index contributed by atoms with van der Waals surface area (Å²) in [7, 11) is 2.11. The summed E-state index contributed by atoms with van der Waals surface area (Å²) in [5.74, 6) is 0.760. The maximum atomic E-state index is 13.1. The van der Waals surface area contributed by atoms with E-state index in [1.807, 2.05) is 44.2 Å². The number of rotatable bonds is 5. The van der Waals surface area contributed by atoms with Gasteiger partial charge in [0.1, 0.15) is 11.3 Å². The Morgan fingerprint density at radius 3 is 2.67 bits per heavy atom. The van der Waals surface area contributed by atoms with Crippen molar-refractivity contribution in [2.45, 2.75) is 13.8 Å². The molecule has 0 radical (unpaired) electrons. The van der Waals surface area contributed by atoms with Crippen LogP contribution in [0.1, 0.15) is 23.0 Å². The van der Waals surface area contributed by atoms with Gasteiger partial charge in [-0.15, -0.1) is 0 Å². The average Bonchev–Trinajstić information content (AvgIpc) is 3.06. The number of hydrogen-bond acceptors (Lipinski definition) is 5. The zero-order chi connectivity index (χ0) is 21.3. The number of fused-ring (bicyclic) bond motifs is 1. The number of halogens is 1. The number of nitrogens with one attached hydrogen (secondary N) is 1. The molecule has 7 heteroatoms. The third-order valence-corrected chi connectivity index (χ3v) is 5.71. The highest BCUT2D eigenvalue weighted by molar-refractivity contribution is 6.31. The lowest BCUT2D eigenvalue weighted by atomic mass is 10.1. The Morgan fingerprint density at radius 1 is 1.17 bits per heavy atom. The molecule has 1 amide bonds. The summed E-state index contributed by atoms with van der Waals surface area (Å²) in [5.41, 5.74) is 3.10. The van der Waals surface area contributed by atoms with Crippen molar-refractivity contribution in [1.29, 1.82) is 0 Å². The molecule has 1 aliphatic heterocycles. The fourth-order valence-electron chi connectivity index (χ4n) is 3.78. The molecule has 0 bridgehead atoms. The lowest BCUT2D eigenvalue weighted by Gasteiger charge is -2.35. The Labute approximate surface area is 181 Å². The van der Waals surface area contributed by atoms with Crippen molar-refractivity contribution in [3.8, 4) is 5.75 Å². The van der Waals surface area contributed by atoms with Gasteiger partial charge in [0.2, 0.25) is 0 Å². The van der Waals surface area contributed by atoms with Gasteiger partial charge in [-0.1, -0.05) is 11.6 Å². The third kappa shape index (κ3) is 4.11. The van der Waals surface area contributed by atoms with E-state index in [2.05, 4.69) is 22.2 Å². The van der Waals surface area contributed by atoms with Crippen molar-refractivity contribution >= 4 is 39.9 Å². The smallest absolute Gasteiger partial charge is 0.291 e. The molecule has 6 nitrogen and oxygen atoms in total. The van der Waals surface area contributed by atoms with E-state index >= 15 is 0 Å². The molecule has 0 atom stereocenters. The minimum absolute atomic E-state index is 0.292. The first kappa shape index (κ1) is 20.6. The third-order valence-electron chi connectivity index (χ3n) is 5.48. The Bertz CT molecular complexity index is 1070. The maximum absolute atomic E-state index is 13.1. The summed E-state index contributed by atoms with van der Waals surface area (Å²) in [6.07, 6.45) is 0. The zero-order valence-corrected chi connectivity index (χ0v) is 18.3. The van der Waals surface area contributed by atoms with Crippen LogP contribution >= 0.6 is 11.6 Å². The molecule has 1 saturated heterocycles. The quantitative estimate of drug-likeness (QED) is 0.634. The fourth-order valence-corrected chi connectivity index (χ4v) is 3.96. The van der Waals surface area contributed by atoms with Gasteiger partial charge in [-0.2, -0.15) is 0 Å². The highest BCUT2D eigenvalue weighted by atomic mass is 35.5. The fraction of sp³-hybridized carbons (Fsp3) is 0.348. The summed E-state index contributed by atoms with van der Waals surface area (Å²) >= 11 is 6.24. The molecule has 1 N–H and O–H groups in total. The molecule has 158 valence electrons. The zero-order valence-electron chi connectivity index (χ0n) is 17.5. The van der Waals surface area contributed by atoms with Crippen LogP contribution in [-0.4, -0.2) is 50.6 Å². The predicted molar refractivity (Wildman–Crippen MR) is 121 cm³/mol. The number of piperazine rings is 1. The first-order valence-electron chi connectivity index (χ1n) is 10.2. The van der Waals surface area contributed by atoms with Gasteiger partial charge in [-0.3, -0.25) is 4.79 Å². The lowest BCUT2D eigenvalue weighted by molar-refractivity contribution is 0.0998. The Kier molecular flexibility index (Phi) is 5.88. The molecule has 0 unspecified atom stereocenters. The summed E-state index contributed by atoms with van der Waals surface area (Å²) < 4.78 is 11.4. The van der Waals surface area contributed by atoms with Crippen LogP contribution in [0.15, 0.2) is 40.8 Å². The molecule has 2 aromatic carbocycles. The minimum Gasteiger partial charge on any atom is -0.494 e. The first-order valence-corrected chi connectivity index (χ1v) is 10.5. The molecule has 4 rings (SSSR count). The number of hydrogen-bond donors (Lipinski definition) is 1. The normalized spacial score (nSPS) is 14.9. The van der Waals surface area contributed by atoms with E-state index in [-0.39, 0.29) is 5.91 Å². The van der Waals surface area contributed by atoms with Crippen molar-refractivity contribution < 1.29 is 13.9 Å². The van der Waals surface area contributed by atoms with E-state index < -0.39 is 0 Å². The van der Waals surface area contributed by atoms with E-state index in [0.717, 1.165) is 48.6 Å². The van der Waals surface area contributed by atoms with Crippen LogP contribution in [-0.2, 0) is 0 Å². The Balaban J connectivity index is 1.62. The van der Waals surface area contributed by atoms with E-state index in [1.165, 1.54) is 0 Å². The average molecular weight is 428 g/mol. The van der Waals surface area contributed by atoms with Gasteiger partial charge in [0.25, 0.3) is 5.91 Å². The molecule has 3 aromatic rings. The Hall–Kier alpha value is -2.70. The van der Waals surface area contributed by atoms with E-state index in [1.54, 1.807) is 6.07 Å². The number of ether oxygens (including phenoxy) is 1. The summed E-state index contributed by atoms with van der Waals surface area (Å²) in [5, 5.41) is 4.46. The van der Waals surface area contributed by atoms with Gasteiger partial charge in [-0.25, -0.2) is 0 Å². The van der Waals surface area contributed by atoms with Gasteiger partial charge in [0.05, 0.1) is 18.0 Å². The summed E-state index contributed by atoms with van der Waals surface area (Å²) in [4.78, 5) is 17.7. The van der Waals surface area contributed by atoms with Crippen molar-refractivity contribution in [1.82, 2.24) is 4.90 Å². The molecule has 1 aromatic heterocycles. The predicted octanol–water partition coefficient (Wildman–Crippen LogP) is 4.80. The highest BCUT2D eigenvalue weighted by Gasteiger charge is 2.22. The lowest BCUT2D eigenvalue weighted by Crippen LogP contribution is -2.44. The standard InChI is InChI=1S/C23H26ClN3O3/c1-4-29-17-6-8-21-18(14-17)15(2)22(30-21)23(28)25-19-13-16(24)5-7-20(19)27-11-9-26(3)10-12-27/h5-8,13-14H,4,9-12H2,1-3H3,(H,25,28). The van der Waals surface area contributed by atoms with Crippen LogP contribution < -0.4 is 15.0 Å². The SMILES string of the molecule is CCOc1ccc2oc(C(=O)Nc3cc(Cl)ccc3N3CCN(C)CC3)c(C)c2c1. The molecule has 1 fully saturated rings. The largest absolute Gasteiger partial charge is 0.494 e. The second-order valence-corrected chi connectivity index (χ2v) is 7.99. The molecule has 0 spiro atoms. The molecule has 0 aliphatic carbocycles. The van der Waals surface area contributed by atoms with Gasteiger partial charge < -0.3 is 24.3 Å². The number of carbonyl (C=O) groups excluding carboxylic acids is 1. The number of furan rings is 1. The maximum Gasteiger partial charge on any atom is 0.291 e. The van der Waals surface area contributed by atoms with Crippen LogP contribution in [0.4, 0.5) is 11.4 Å². The van der Waals surface area contributed by atoms with Crippen molar-refractivity contribution in [3.05, 3.63) is 52.7 Å². The molecule has 2 heterocycles. The van der Waals surface area contributed by atoms with Gasteiger partial charge in [0, 0.05) is 42.2 Å². The minimum atomic E-state index is -0.292. The number of anilines is 2. The van der Waals surface area contributed by atoms with Crippen molar-refractivity contribution in [2.75, 3.05) is 50.1 Å². The van der Waals surface area contributed by atoms with Crippen LogP contribution in [0.2, 0.25) is 5.02 Å². The van der Waals surface area contributed by atoms with E-state index in [4.69, 9.17) is 20.8 Å². The summed E-state index contributed by atoms with van der Waals surface area (Å²) in [6.45, 7) is 8.14. The van der Waals surface area contributed by atoms with E-state index in [0.29, 0.717) is 28.7 Å². The molecule has 1 aliphatic rings. The van der Waals surface area contributed by atoms with Crippen LogP contribution in [0.5, 0.6) is 5.75 Å². The van der Waals surface area contributed by atoms with Gasteiger partial charge in [0.15, 0.2) is 5.76 Å². The number of amides is 1.